The number of fused-ring (bicyclic) bond motifs is 1. The fourth-order valence-corrected chi connectivity index (χ4v) is 3.26. The van der Waals surface area contributed by atoms with Gasteiger partial charge >= 0.3 is 5.88 Å². The van der Waals surface area contributed by atoms with Crippen molar-refractivity contribution in [2.24, 2.45) is 5.10 Å². The van der Waals surface area contributed by atoms with Crippen molar-refractivity contribution in [3.63, 3.8) is 0 Å². The van der Waals surface area contributed by atoms with E-state index in [1.54, 1.807) is 0 Å². The highest BCUT2D eigenvalue weighted by Crippen LogP contribution is 2.30. The van der Waals surface area contributed by atoms with Gasteiger partial charge in [-0.3, -0.25) is 14.9 Å². The maximum absolute atomic E-state index is 12.3. The van der Waals surface area contributed by atoms with Gasteiger partial charge in [0.25, 0.3) is 5.95 Å². The molecule has 9 nitrogen and oxygen atoms in total. The molecular formula is C21H14BrN5O4. The molecule has 0 atom stereocenters. The second-order valence-electron chi connectivity index (χ2n) is 6.41. The topological polar surface area (TPSA) is 115 Å². The van der Waals surface area contributed by atoms with Crippen LogP contribution in [0, 0.1) is 10.1 Å². The minimum absolute atomic E-state index is 0.0680. The molecule has 2 aromatic carbocycles. The molecule has 0 aliphatic heterocycles. The van der Waals surface area contributed by atoms with Crippen LogP contribution in [0.25, 0.3) is 22.2 Å². The number of halogens is 1. The maximum atomic E-state index is 12.3. The summed E-state index contributed by atoms with van der Waals surface area (Å²) < 4.78 is 5.92. The van der Waals surface area contributed by atoms with Gasteiger partial charge in [0, 0.05) is 22.3 Å². The predicted octanol–water partition coefficient (Wildman–Crippen LogP) is 4.95. The van der Waals surface area contributed by atoms with E-state index >= 15 is 0 Å². The minimum Gasteiger partial charge on any atom is -0.400 e. The Morgan fingerprint density at radius 3 is 2.61 bits per heavy atom. The lowest BCUT2D eigenvalue weighted by molar-refractivity contribution is -0.402. The van der Waals surface area contributed by atoms with Crippen molar-refractivity contribution in [1.29, 1.82) is 0 Å². The van der Waals surface area contributed by atoms with Crippen LogP contribution >= 0.6 is 15.9 Å². The largest absolute Gasteiger partial charge is 0.433 e. The summed E-state index contributed by atoms with van der Waals surface area (Å²) in [5.74, 6) is -0.674. The van der Waals surface area contributed by atoms with Gasteiger partial charge in [-0.05, 0) is 24.3 Å². The summed E-state index contributed by atoms with van der Waals surface area (Å²) >= 11 is 3.47. The summed E-state index contributed by atoms with van der Waals surface area (Å²) in [7, 11) is 0. The van der Waals surface area contributed by atoms with Crippen LogP contribution in [0.3, 0.4) is 0 Å². The highest BCUT2D eigenvalue weighted by molar-refractivity contribution is 9.10. The number of carbonyl (C=O) groups excluding carboxylic acids is 1. The van der Waals surface area contributed by atoms with Crippen molar-refractivity contribution in [1.82, 2.24) is 9.97 Å². The number of carbonyl (C=O) groups is 1. The zero-order valence-corrected chi connectivity index (χ0v) is 17.7. The molecule has 0 fully saturated rings. The van der Waals surface area contributed by atoms with Crippen LogP contribution < -0.4 is 5.01 Å². The fraction of sp³-hybridized carbons (Fsp3) is 0.0476. The third-order valence-corrected chi connectivity index (χ3v) is 4.77. The second kappa shape index (κ2) is 8.44. The molecule has 2 aromatic heterocycles. The Morgan fingerprint density at radius 1 is 1.16 bits per heavy atom. The normalized spacial score (nSPS) is 11.2. The molecule has 31 heavy (non-hydrogen) atoms. The lowest BCUT2D eigenvalue weighted by Crippen LogP contribution is -2.24. The predicted molar refractivity (Wildman–Crippen MR) is 119 cm³/mol. The number of rotatable bonds is 5. The van der Waals surface area contributed by atoms with Gasteiger partial charge in [-0.1, -0.05) is 46.3 Å². The van der Waals surface area contributed by atoms with Gasteiger partial charge in [-0.2, -0.15) is 10.1 Å². The number of nitrogens with zero attached hydrogens (tertiary/aromatic N) is 5. The van der Waals surface area contributed by atoms with Gasteiger partial charge in [-0.25, -0.2) is 9.97 Å². The van der Waals surface area contributed by atoms with Crippen molar-refractivity contribution in [2.75, 3.05) is 5.01 Å². The van der Waals surface area contributed by atoms with Gasteiger partial charge < -0.3 is 4.42 Å². The Bertz CT molecular complexity index is 1320. The number of hydrogen-bond acceptors (Lipinski definition) is 7. The molecule has 0 bridgehead atoms. The maximum Gasteiger partial charge on any atom is 0.433 e. The lowest BCUT2D eigenvalue weighted by Gasteiger charge is -2.15. The van der Waals surface area contributed by atoms with Crippen molar-refractivity contribution < 1.29 is 14.1 Å². The molecule has 1 amide bonds. The smallest absolute Gasteiger partial charge is 0.400 e. The van der Waals surface area contributed by atoms with E-state index in [9.17, 15) is 14.9 Å². The number of amides is 1. The Labute approximate surface area is 184 Å². The molecule has 0 aliphatic carbocycles. The summed E-state index contributed by atoms with van der Waals surface area (Å²) in [5, 5.41) is 16.7. The van der Waals surface area contributed by atoms with Gasteiger partial charge in [0.1, 0.15) is 4.92 Å². The highest BCUT2D eigenvalue weighted by Gasteiger charge is 2.18. The van der Waals surface area contributed by atoms with Crippen molar-refractivity contribution >= 4 is 50.8 Å². The molecule has 4 aromatic rings. The fourth-order valence-electron chi connectivity index (χ4n) is 2.90. The zero-order valence-electron chi connectivity index (χ0n) is 16.1. The second-order valence-corrected chi connectivity index (χ2v) is 7.32. The van der Waals surface area contributed by atoms with Crippen LogP contribution in [0.1, 0.15) is 12.7 Å². The van der Waals surface area contributed by atoms with E-state index in [-0.39, 0.29) is 11.7 Å². The summed E-state index contributed by atoms with van der Waals surface area (Å²) in [4.78, 5) is 31.5. The average Bonchev–Trinajstić information content (AvgIpc) is 3.23. The standard InChI is InChI=1S/C21H14BrN5O4/c1-13(28)26(23-12-16-8-10-19(31-16)27(29)30)21-24-18-9-7-15(22)11-17(18)20(25-21)14-5-3-2-4-6-14/h2-12H,1H3. The van der Waals surface area contributed by atoms with E-state index in [1.807, 2.05) is 48.5 Å². The minimum atomic E-state index is -0.656. The molecule has 0 unspecified atom stereocenters. The van der Waals surface area contributed by atoms with E-state index < -0.39 is 16.7 Å². The van der Waals surface area contributed by atoms with E-state index in [0.29, 0.717) is 11.2 Å². The van der Waals surface area contributed by atoms with E-state index in [4.69, 9.17) is 4.42 Å². The van der Waals surface area contributed by atoms with Crippen LogP contribution in [0.5, 0.6) is 0 Å². The number of benzene rings is 2. The number of hydrazone groups is 1. The molecule has 2 heterocycles. The number of hydrogen-bond donors (Lipinski definition) is 0. The molecule has 0 aliphatic rings. The molecule has 0 N–H and O–H groups in total. The van der Waals surface area contributed by atoms with Crippen LogP contribution in [-0.4, -0.2) is 27.0 Å². The first-order valence-corrected chi connectivity index (χ1v) is 9.83. The van der Waals surface area contributed by atoms with Gasteiger partial charge in [0.15, 0.2) is 5.76 Å². The first-order valence-electron chi connectivity index (χ1n) is 9.04. The Kier molecular flexibility index (Phi) is 5.54. The Hall–Kier alpha value is -3.92. The van der Waals surface area contributed by atoms with E-state index in [2.05, 4.69) is 31.0 Å². The third kappa shape index (κ3) is 4.33. The summed E-state index contributed by atoms with van der Waals surface area (Å²) in [5.41, 5.74) is 2.11. The van der Waals surface area contributed by atoms with E-state index in [1.165, 1.54) is 25.3 Å². The number of anilines is 1. The number of furan rings is 1. The molecule has 154 valence electrons. The van der Waals surface area contributed by atoms with Crippen molar-refractivity contribution in [3.8, 4) is 11.3 Å². The molecule has 0 spiro atoms. The lowest BCUT2D eigenvalue weighted by atomic mass is 10.1. The number of aromatic nitrogens is 2. The van der Waals surface area contributed by atoms with Crippen LogP contribution in [-0.2, 0) is 4.79 Å². The van der Waals surface area contributed by atoms with Crippen LogP contribution in [0.4, 0.5) is 11.8 Å². The quantitative estimate of drug-likeness (QED) is 0.227. The average molecular weight is 480 g/mol. The SMILES string of the molecule is CC(=O)N(N=Cc1ccc([N+](=O)[O-])o1)c1nc(-c2ccccc2)c2cc(Br)ccc2n1. The highest BCUT2D eigenvalue weighted by atomic mass is 79.9. The monoisotopic (exact) mass is 479 g/mol. The molecule has 0 saturated carbocycles. The molecule has 4 rings (SSSR count). The summed E-state index contributed by atoms with van der Waals surface area (Å²) in [6.07, 6.45) is 1.20. The Morgan fingerprint density at radius 2 is 1.94 bits per heavy atom. The summed E-state index contributed by atoms with van der Waals surface area (Å²) in [6, 6.07) is 17.7. The van der Waals surface area contributed by atoms with Gasteiger partial charge in [0.2, 0.25) is 5.91 Å². The third-order valence-electron chi connectivity index (χ3n) is 4.27. The van der Waals surface area contributed by atoms with E-state index in [0.717, 1.165) is 20.4 Å². The van der Waals surface area contributed by atoms with Crippen LogP contribution in [0.15, 0.2) is 74.7 Å². The molecular weight excluding hydrogens is 466 g/mol. The first kappa shape index (κ1) is 20.4. The van der Waals surface area contributed by atoms with Gasteiger partial charge in [-0.15, -0.1) is 0 Å². The molecule has 10 heteroatoms. The Balaban J connectivity index is 1.82. The van der Waals surface area contributed by atoms with Crippen molar-refractivity contribution in [2.45, 2.75) is 6.92 Å². The number of nitro groups is 1. The zero-order chi connectivity index (χ0) is 22.0. The summed E-state index contributed by atoms with van der Waals surface area (Å²) in [6.45, 7) is 1.32. The van der Waals surface area contributed by atoms with Crippen molar-refractivity contribution in [3.05, 3.63) is 81.0 Å². The van der Waals surface area contributed by atoms with Gasteiger partial charge in [0.05, 0.1) is 23.5 Å². The molecule has 0 radical (unpaired) electrons. The molecule has 0 saturated heterocycles. The van der Waals surface area contributed by atoms with Crippen LogP contribution in [0.2, 0.25) is 0 Å². The first-order chi connectivity index (χ1) is 14.9.